The molecule has 4 aromatic rings. The minimum Gasteiger partial charge on any atom is -0.492 e. The molecule has 4 rings (SSSR count). The van der Waals surface area contributed by atoms with E-state index in [1.54, 1.807) is 11.1 Å². The molecule has 0 saturated heterocycles. The Labute approximate surface area is 180 Å². The molecule has 0 aliphatic rings. The van der Waals surface area contributed by atoms with E-state index in [1.807, 2.05) is 75.4 Å². The molecule has 0 fully saturated rings. The summed E-state index contributed by atoms with van der Waals surface area (Å²) in [6, 6.07) is 17.3. The first-order valence-corrected chi connectivity index (χ1v) is 10.7. The highest BCUT2D eigenvalue weighted by Gasteiger charge is 2.23. The molecule has 0 N–H and O–H groups in total. The van der Waals surface area contributed by atoms with Gasteiger partial charge in [0.2, 0.25) is 0 Å². The van der Waals surface area contributed by atoms with Crippen molar-refractivity contribution >= 4 is 32.6 Å². The normalized spacial score (nSPS) is 10.9. The molecule has 2 heterocycles. The molecule has 152 valence electrons. The van der Waals surface area contributed by atoms with Crippen LogP contribution in [-0.2, 0) is 6.54 Å². The first-order valence-electron chi connectivity index (χ1n) is 9.88. The molecule has 30 heavy (non-hydrogen) atoms. The third kappa shape index (κ3) is 4.04. The Morgan fingerprint density at radius 1 is 1.07 bits per heavy atom. The largest absolute Gasteiger partial charge is 0.492 e. The van der Waals surface area contributed by atoms with Gasteiger partial charge in [-0.25, -0.2) is 4.98 Å². The number of aromatic nitrogens is 2. The van der Waals surface area contributed by atoms with E-state index in [2.05, 4.69) is 4.98 Å². The predicted octanol–water partition coefficient (Wildman–Crippen LogP) is 5.55. The van der Waals surface area contributed by atoms with Gasteiger partial charge in [0, 0.05) is 11.8 Å². The Balaban J connectivity index is 1.79. The van der Waals surface area contributed by atoms with Crippen LogP contribution in [0.15, 0.2) is 60.8 Å². The maximum Gasteiger partial charge on any atom is 0.260 e. The standard InChI is InChI=1S/C24H23N3O2S/c1-4-29-20-9-7-10-21-22(20)26-24(30-21)27(15-19-8-5-6-13-25-19)23(28)18-12-11-16(2)17(3)14-18/h5-14H,4,15H2,1-3H3. The number of anilines is 1. The van der Waals surface area contributed by atoms with Crippen molar-refractivity contribution in [3.63, 3.8) is 0 Å². The van der Waals surface area contributed by atoms with Gasteiger partial charge in [0.25, 0.3) is 5.91 Å². The van der Waals surface area contributed by atoms with Gasteiger partial charge < -0.3 is 4.74 Å². The number of ether oxygens (including phenoxy) is 1. The number of para-hydroxylation sites is 1. The van der Waals surface area contributed by atoms with Crippen LogP contribution >= 0.6 is 11.3 Å². The number of pyridine rings is 1. The topological polar surface area (TPSA) is 55.3 Å². The number of nitrogens with zero attached hydrogens (tertiary/aromatic N) is 3. The number of thiazole rings is 1. The number of hydrogen-bond donors (Lipinski definition) is 0. The van der Waals surface area contributed by atoms with Crippen molar-refractivity contribution in [1.29, 1.82) is 0 Å². The molecule has 2 aromatic heterocycles. The van der Waals surface area contributed by atoms with Crippen LogP contribution in [0.2, 0.25) is 0 Å². The zero-order valence-corrected chi connectivity index (χ0v) is 18.1. The number of carbonyl (C=O) groups excluding carboxylic acids is 1. The van der Waals surface area contributed by atoms with E-state index >= 15 is 0 Å². The summed E-state index contributed by atoms with van der Waals surface area (Å²) in [6.45, 7) is 6.91. The zero-order chi connectivity index (χ0) is 21.1. The maximum atomic E-state index is 13.5. The van der Waals surface area contributed by atoms with Crippen LogP contribution in [0.3, 0.4) is 0 Å². The number of benzene rings is 2. The molecular weight excluding hydrogens is 394 g/mol. The van der Waals surface area contributed by atoms with Crippen molar-refractivity contribution in [1.82, 2.24) is 9.97 Å². The van der Waals surface area contributed by atoms with Crippen molar-refractivity contribution < 1.29 is 9.53 Å². The number of carbonyl (C=O) groups is 1. The van der Waals surface area contributed by atoms with E-state index in [4.69, 9.17) is 9.72 Å². The van der Waals surface area contributed by atoms with Gasteiger partial charge in [0.05, 0.1) is 23.5 Å². The van der Waals surface area contributed by atoms with Crippen LogP contribution in [0.4, 0.5) is 5.13 Å². The Morgan fingerprint density at radius 3 is 2.67 bits per heavy atom. The maximum absolute atomic E-state index is 13.5. The summed E-state index contributed by atoms with van der Waals surface area (Å²) < 4.78 is 6.71. The average molecular weight is 418 g/mol. The zero-order valence-electron chi connectivity index (χ0n) is 17.3. The average Bonchev–Trinajstić information content (AvgIpc) is 3.19. The Bertz CT molecular complexity index is 1190. The molecule has 0 atom stereocenters. The highest BCUT2D eigenvalue weighted by atomic mass is 32.1. The molecule has 1 amide bonds. The predicted molar refractivity (Wildman–Crippen MR) is 121 cm³/mol. The van der Waals surface area contributed by atoms with E-state index in [0.717, 1.165) is 32.8 Å². The lowest BCUT2D eigenvalue weighted by Gasteiger charge is -2.20. The van der Waals surface area contributed by atoms with Gasteiger partial charge >= 0.3 is 0 Å². The van der Waals surface area contributed by atoms with Gasteiger partial charge in [0.1, 0.15) is 11.3 Å². The summed E-state index contributed by atoms with van der Waals surface area (Å²) in [6.07, 6.45) is 1.74. The van der Waals surface area contributed by atoms with Crippen LogP contribution in [0.5, 0.6) is 5.75 Å². The number of aryl methyl sites for hydroxylation is 2. The fourth-order valence-electron chi connectivity index (χ4n) is 3.21. The van der Waals surface area contributed by atoms with Gasteiger partial charge in [-0.2, -0.15) is 0 Å². The van der Waals surface area contributed by atoms with Crippen LogP contribution < -0.4 is 9.64 Å². The molecule has 5 nitrogen and oxygen atoms in total. The van der Waals surface area contributed by atoms with E-state index < -0.39 is 0 Å². The molecule has 0 unspecified atom stereocenters. The molecule has 0 spiro atoms. The second kappa shape index (κ2) is 8.63. The van der Waals surface area contributed by atoms with Crippen LogP contribution in [-0.4, -0.2) is 22.5 Å². The first-order chi connectivity index (χ1) is 14.6. The van der Waals surface area contributed by atoms with Gasteiger partial charge in [-0.15, -0.1) is 0 Å². The van der Waals surface area contributed by atoms with E-state index in [0.29, 0.717) is 23.8 Å². The Kier molecular flexibility index (Phi) is 5.77. The highest BCUT2D eigenvalue weighted by Crippen LogP contribution is 2.35. The Hall–Kier alpha value is -3.25. The van der Waals surface area contributed by atoms with E-state index in [1.165, 1.54) is 11.3 Å². The van der Waals surface area contributed by atoms with Crippen molar-refractivity contribution in [2.75, 3.05) is 11.5 Å². The lowest BCUT2D eigenvalue weighted by molar-refractivity contribution is 0.0984. The van der Waals surface area contributed by atoms with Crippen molar-refractivity contribution in [3.8, 4) is 5.75 Å². The van der Waals surface area contributed by atoms with Crippen molar-refractivity contribution in [2.45, 2.75) is 27.3 Å². The van der Waals surface area contributed by atoms with Crippen LogP contribution in [0.1, 0.15) is 34.1 Å². The summed E-state index contributed by atoms with van der Waals surface area (Å²) in [5.41, 5.74) is 4.46. The molecule has 2 aromatic carbocycles. The van der Waals surface area contributed by atoms with Crippen molar-refractivity contribution in [3.05, 3.63) is 83.2 Å². The fraction of sp³-hybridized carbons (Fsp3) is 0.208. The van der Waals surface area contributed by atoms with Gasteiger partial charge in [-0.1, -0.05) is 29.5 Å². The molecule has 0 aliphatic carbocycles. The minimum absolute atomic E-state index is 0.0965. The monoisotopic (exact) mass is 417 g/mol. The smallest absolute Gasteiger partial charge is 0.260 e. The van der Waals surface area contributed by atoms with Gasteiger partial charge in [-0.3, -0.25) is 14.7 Å². The highest BCUT2D eigenvalue weighted by molar-refractivity contribution is 7.22. The Morgan fingerprint density at radius 2 is 1.93 bits per heavy atom. The lowest BCUT2D eigenvalue weighted by Crippen LogP contribution is -2.30. The molecule has 0 radical (unpaired) electrons. The molecule has 0 bridgehead atoms. The second-order valence-corrected chi connectivity index (χ2v) is 8.05. The fourth-order valence-corrected chi connectivity index (χ4v) is 4.19. The summed E-state index contributed by atoms with van der Waals surface area (Å²) in [7, 11) is 0. The van der Waals surface area contributed by atoms with E-state index in [-0.39, 0.29) is 5.91 Å². The SMILES string of the molecule is CCOc1cccc2sc(N(Cc3ccccn3)C(=O)c3ccc(C)c(C)c3)nc12. The van der Waals surface area contributed by atoms with E-state index in [9.17, 15) is 4.79 Å². The van der Waals surface area contributed by atoms with Crippen molar-refractivity contribution in [2.24, 2.45) is 0 Å². The summed E-state index contributed by atoms with van der Waals surface area (Å²) in [5, 5.41) is 0.631. The third-order valence-corrected chi connectivity index (χ3v) is 5.99. The third-order valence-electron chi connectivity index (χ3n) is 4.95. The molecular formula is C24H23N3O2S. The van der Waals surface area contributed by atoms with Crippen LogP contribution in [0.25, 0.3) is 10.2 Å². The molecule has 0 saturated carbocycles. The number of amides is 1. The number of fused-ring (bicyclic) bond motifs is 1. The summed E-state index contributed by atoms with van der Waals surface area (Å²) >= 11 is 1.48. The van der Waals surface area contributed by atoms with Crippen LogP contribution in [0, 0.1) is 13.8 Å². The number of rotatable bonds is 6. The summed E-state index contributed by atoms with van der Waals surface area (Å²) in [5.74, 6) is 0.634. The minimum atomic E-state index is -0.0965. The van der Waals surface area contributed by atoms with Gasteiger partial charge in [-0.05, 0) is 68.3 Å². The molecule has 6 heteroatoms. The lowest BCUT2D eigenvalue weighted by atomic mass is 10.1. The molecule has 0 aliphatic heterocycles. The first kappa shape index (κ1) is 20.0. The summed E-state index contributed by atoms with van der Waals surface area (Å²) in [4.78, 5) is 24.4. The quantitative estimate of drug-likeness (QED) is 0.412. The number of hydrogen-bond acceptors (Lipinski definition) is 5. The van der Waals surface area contributed by atoms with Gasteiger partial charge in [0.15, 0.2) is 5.13 Å². The second-order valence-electron chi connectivity index (χ2n) is 7.04.